The number of nitrogens with zero attached hydrogens (tertiary/aromatic N) is 1. The number of hydrogen-bond acceptors (Lipinski definition) is 2. The van der Waals surface area contributed by atoms with Gasteiger partial charge in [-0.1, -0.05) is 18.2 Å². The standard InChI is InChI=1S/C15H15F2N3O/c1-8(2)14(10-4-5-12(16)13(17)6-10)19-15(21)11-7-18-20-9(11)3/h4-7,14H,1H2,2-3H3,(H,18,20)(H,19,21)/t14-/m1/s1. The number of amides is 1. The van der Waals surface area contributed by atoms with Crippen molar-refractivity contribution < 1.29 is 13.6 Å². The van der Waals surface area contributed by atoms with Crippen LogP contribution in [0, 0.1) is 18.6 Å². The van der Waals surface area contributed by atoms with E-state index in [0.29, 0.717) is 22.4 Å². The zero-order chi connectivity index (χ0) is 15.6. The lowest BCUT2D eigenvalue weighted by molar-refractivity contribution is 0.0941. The number of aromatic amines is 1. The van der Waals surface area contributed by atoms with Crippen LogP contribution in [0.4, 0.5) is 8.78 Å². The van der Waals surface area contributed by atoms with Crippen LogP contribution in [0.1, 0.15) is 34.6 Å². The first-order valence-corrected chi connectivity index (χ1v) is 6.31. The molecule has 6 heteroatoms. The Hall–Kier alpha value is -2.50. The van der Waals surface area contributed by atoms with Crippen molar-refractivity contribution in [1.82, 2.24) is 15.5 Å². The summed E-state index contributed by atoms with van der Waals surface area (Å²) in [6, 6.07) is 2.88. The Morgan fingerprint density at radius 1 is 1.38 bits per heavy atom. The average Bonchev–Trinajstić information content (AvgIpc) is 2.85. The number of halogens is 2. The van der Waals surface area contributed by atoms with E-state index in [9.17, 15) is 13.6 Å². The molecule has 110 valence electrons. The minimum absolute atomic E-state index is 0.362. The van der Waals surface area contributed by atoms with Crippen LogP contribution in [0.15, 0.2) is 36.5 Å². The molecule has 1 amide bonds. The zero-order valence-electron chi connectivity index (χ0n) is 11.7. The van der Waals surface area contributed by atoms with Gasteiger partial charge in [-0.25, -0.2) is 8.78 Å². The molecular weight excluding hydrogens is 276 g/mol. The number of carbonyl (C=O) groups excluding carboxylic acids is 1. The Kier molecular flexibility index (Phi) is 4.16. The van der Waals surface area contributed by atoms with E-state index in [-0.39, 0.29) is 5.91 Å². The monoisotopic (exact) mass is 291 g/mol. The summed E-state index contributed by atoms with van der Waals surface area (Å²) in [4.78, 5) is 12.2. The van der Waals surface area contributed by atoms with Gasteiger partial charge >= 0.3 is 0 Å². The molecule has 0 aliphatic rings. The highest BCUT2D eigenvalue weighted by Gasteiger charge is 2.19. The van der Waals surface area contributed by atoms with Crippen LogP contribution < -0.4 is 5.32 Å². The van der Waals surface area contributed by atoms with E-state index in [1.165, 1.54) is 12.3 Å². The van der Waals surface area contributed by atoms with Gasteiger partial charge in [0.25, 0.3) is 5.91 Å². The van der Waals surface area contributed by atoms with Gasteiger partial charge in [0.15, 0.2) is 11.6 Å². The molecule has 0 fully saturated rings. The van der Waals surface area contributed by atoms with Crippen molar-refractivity contribution in [2.45, 2.75) is 19.9 Å². The first-order valence-electron chi connectivity index (χ1n) is 6.31. The highest BCUT2D eigenvalue weighted by atomic mass is 19.2. The quantitative estimate of drug-likeness (QED) is 0.851. The maximum Gasteiger partial charge on any atom is 0.255 e. The fourth-order valence-corrected chi connectivity index (χ4v) is 1.97. The summed E-state index contributed by atoms with van der Waals surface area (Å²) < 4.78 is 26.4. The lowest BCUT2D eigenvalue weighted by Crippen LogP contribution is -2.29. The lowest BCUT2D eigenvalue weighted by Gasteiger charge is -2.19. The average molecular weight is 291 g/mol. The largest absolute Gasteiger partial charge is 0.341 e. The van der Waals surface area contributed by atoms with Gasteiger partial charge in [0.05, 0.1) is 17.8 Å². The SMILES string of the molecule is C=C(C)[C@@H](NC(=O)c1cn[nH]c1C)c1ccc(F)c(F)c1. The van der Waals surface area contributed by atoms with Gasteiger partial charge in [-0.05, 0) is 31.5 Å². The molecule has 0 unspecified atom stereocenters. The number of rotatable bonds is 4. The van der Waals surface area contributed by atoms with Gasteiger partial charge in [-0.2, -0.15) is 5.10 Å². The molecule has 0 saturated carbocycles. The summed E-state index contributed by atoms with van der Waals surface area (Å²) in [6.07, 6.45) is 1.41. The smallest absolute Gasteiger partial charge is 0.255 e. The summed E-state index contributed by atoms with van der Waals surface area (Å²) in [5, 5.41) is 9.18. The van der Waals surface area contributed by atoms with Gasteiger partial charge < -0.3 is 5.32 Å². The summed E-state index contributed by atoms with van der Waals surface area (Å²) in [5.41, 5.74) is 2.05. The van der Waals surface area contributed by atoms with E-state index >= 15 is 0 Å². The molecule has 1 aromatic carbocycles. The molecule has 1 atom stereocenters. The van der Waals surface area contributed by atoms with E-state index in [1.54, 1.807) is 13.8 Å². The van der Waals surface area contributed by atoms with Crippen molar-refractivity contribution in [2.24, 2.45) is 0 Å². The fraction of sp³-hybridized carbons (Fsp3) is 0.200. The van der Waals surface area contributed by atoms with Gasteiger partial charge in [-0.3, -0.25) is 9.89 Å². The molecule has 0 bridgehead atoms. The first kappa shape index (κ1) is 14.9. The van der Waals surface area contributed by atoms with Crippen LogP contribution in [0.2, 0.25) is 0 Å². The highest BCUT2D eigenvalue weighted by molar-refractivity contribution is 5.95. The molecule has 1 aromatic heterocycles. The Labute approximate surface area is 120 Å². The number of nitrogens with one attached hydrogen (secondary N) is 2. The number of aromatic nitrogens is 2. The maximum absolute atomic E-state index is 13.3. The summed E-state index contributed by atoms with van der Waals surface area (Å²) in [6.45, 7) is 7.21. The first-order chi connectivity index (χ1) is 9.90. The third-order valence-electron chi connectivity index (χ3n) is 3.12. The third-order valence-corrected chi connectivity index (χ3v) is 3.12. The van der Waals surface area contributed by atoms with Crippen molar-refractivity contribution in [3.05, 3.63) is 65.0 Å². The molecule has 0 spiro atoms. The van der Waals surface area contributed by atoms with Crippen molar-refractivity contribution >= 4 is 5.91 Å². The number of H-pyrrole nitrogens is 1. The van der Waals surface area contributed by atoms with Crippen LogP contribution in [0.25, 0.3) is 0 Å². The van der Waals surface area contributed by atoms with E-state index in [2.05, 4.69) is 22.1 Å². The predicted octanol–water partition coefficient (Wildman–Crippen LogP) is 3.04. The second-order valence-electron chi connectivity index (χ2n) is 4.84. The molecule has 2 N–H and O–H groups in total. The van der Waals surface area contributed by atoms with Crippen molar-refractivity contribution in [3.63, 3.8) is 0 Å². The number of carbonyl (C=O) groups is 1. The van der Waals surface area contributed by atoms with Crippen LogP contribution in [0.3, 0.4) is 0 Å². The molecule has 0 saturated heterocycles. The number of hydrogen-bond donors (Lipinski definition) is 2. The minimum atomic E-state index is -0.965. The minimum Gasteiger partial charge on any atom is -0.341 e. The lowest BCUT2D eigenvalue weighted by atomic mass is 10.00. The Morgan fingerprint density at radius 3 is 2.62 bits per heavy atom. The van der Waals surface area contributed by atoms with Gasteiger partial charge in [0, 0.05) is 5.69 Å². The normalized spacial score (nSPS) is 12.0. The topological polar surface area (TPSA) is 57.8 Å². The maximum atomic E-state index is 13.3. The molecule has 0 aliphatic carbocycles. The Bertz CT molecular complexity index is 694. The van der Waals surface area contributed by atoms with Gasteiger partial charge in [0.2, 0.25) is 0 Å². The Morgan fingerprint density at radius 2 is 2.10 bits per heavy atom. The molecule has 2 rings (SSSR count). The second-order valence-corrected chi connectivity index (χ2v) is 4.84. The molecular formula is C15H15F2N3O. The van der Waals surface area contributed by atoms with Crippen molar-refractivity contribution in [2.75, 3.05) is 0 Å². The summed E-state index contributed by atoms with van der Waals surface area (Å²) >= 11 is 0. The number of benzene rings is 1. The molecule has 2 aromatic rings. The van der Waals surface area contributed by atoms with E-state index < -0.39 is 17.7 Å². The van der Waals surface area contributed by atoms with Crippen molar-refractivity contribution in [1.29, 1.82) is 0 Å². The molecule has 4 nitrogen and oxygen atoms in total. The van der Waals surface area contributed by atoms with Crippen LogP contribution >= 0.6 is 0 Å². The molecule has 21 heavy (non-hydrogen) atoms. The summed E-state index contributed by atoms with van der Waals surface area (Å²) in [7, 11) is 0. The van der Waals surface area contributed by atoms with Crippen LogP contribution in [-0.2, 0) is 0 Å². The van der Waals surface area contributed by atoms with Crippen molar-refractivity contribution in [3.8, 4) is 0 Å². The fourth-order valence-electron chi connectivity index (χ4n) is 1.97. The molecule has 0 aliphatic heterocycles. The van der Waals surface area contributed by atoms with Gasteiger partial charge in [-0.15, -0.1) is 0 Å². The third kappa shape index (κ3) is 3.16. The highest BCUT2D eigenvalue weighted by Crippen LogP contribution is 2.22. The zero-order valence-corrected chi connectivity index (χ0v) is 11.7. The van der Waals surface area contributed by atoms with E-state index in [1.807, 2.05) is 0 Å². The summed E-state index contributed by atoms with van der Waals surface area (Å²) in [5.74, 6) is -2.26. The van der Waals surface area contributed by atoms with Crippen LogP contribution in [-0.4, -0.2) is 16.1 Å². The predicted molar refractivity (Wildman–Crippen MR) is 74.7 cm³/mol. The van der Waals surface area contributed by atoms with E-state index in [0.717, 1.165) is 12.1 Å². The van der Waals surface area contributed by atoms with Gasteiger partial charge in [0.1, 0.15) is 0 Å². The molecule has 0 radical (unpaired) electrons. The van der Waals surface area contributed by atoms with E-state index in [4.69, 9.17) is 0 Å². The molecule has 1 heterocycles. The second kappa shape index (κ2) is 5.87. The van der Waals surface area contributed by atoms with Crippen LogP contribution in [0.5, 0.6) is 0 Å². The Balaban J connectivity index is 2.28. The number of aryl methyl sites for hydroxylation is 1.